The predicted octanol–water partition coefficient (Wildman–Crippen LogP) is 3.01. The normalized spacial score (nSPS) is 26.0. The molecule has 3 rings (SSSR count). The molecule has 1 aromatic rings. The molecular formula is C17H24N2OS. The Morgan fingerprint density at radius 3 is 2.90 bits per heavy atom. The number of benzene rings is 1. The van der Waals surface area contributed by atoms with Gasteiger partial charge in [-0.25, -0.2) is 0 Å². The Hall–Kier alpha value is -1.00. The summed E-state index contributed by atoms with van der Waals surface area (Å²) in [6.45, 7) is 2.97. The highest BCUT2D eigenvalue weighted by Crippen LogP contribution is 2.27. The minimum Gasteiger partial charge on any atom is -0.338 e. The van der Waals surface area contributed by atoms with Gasteiger partial charge in [0.1, 0.15) is 0 Å². The summed E-state index contributed by atoms with van der Waals surface area (Å²) in [6, 6.07) is 8.59. The fraction of sp³-hybridized carbons (Fsp3) is 0.588. The molecule has 1 aromatic carbocycles. The van der Waals surface area contributed by atoms with E-state index in [1.54, 1.807) is 11.8 Å². The van der Waals surface area contributed by atoms with E-state index in [-0.39, 0.29) is 5.91 Å². The SMILES string of the molecule is CSc1ccccc1C(=O)N1CCCC(C2CCCN2)C1. The van der Waals surface area contributed by atoms with E-state index in [1.807, 2.05) is 30.5 Å². The van der Waals surface area contributed by atoms with Gasteiger partial charge in [0.05, 0.1) is 5.56 Å². The van der Waals surface area contributed by atoms with Crippen molar-refractivity contribution >= 4 is 17.7 Å². The lowest BCUT2D eigenvalue weighted by molar-refractivity contribution is 0.0647. The third-order valence-electron chi connectivity index (χ3n) is 4.75. The first-order valence-electron chi connectivity index (χ1n) is 7.95. The first kappa shape index (κ1) is 14.9. The zero-order valence-electron chi connectivity index (χ0n) is 12.7. The van der Waals surface area contributed by atoms with Gasteiger partial charge in [0.15, 0.2) is 0 Å². The van der Waals surface area contributed by atoms with Gasteiger partial charge in [-0.3, -0.25) is 4.79 Å². The molecular weight excluding hydrogens is 280 g/mol. The lowest BCUT2D eigenvalue weighted by Gasteiger charge is -2.36. The smallest absolute Gasteiger partial charge is 0.254 e. The van der Waals surface area contributed by atoms with Gasteiger partial charge in [-0.1, -0.05) is 12.1 Å². The Morgan fingerprint density at radius 2 is 2.14 bits per heavy atom. The maximum atomic E-state index is 12.8. The highest BCUT2D eigenvalue weighted by atomic mass is 32.2. The molecule has 2 atom stereocenters. The molecule has 3 nitrogen and oxygen atoms in total. The Morgan fingerprint density at radius 1 is 1.29 bits per heavy atom. The Bertz CT molecular complexity index is 499. The van der Waals surface area contributed by atoms with Crippen molar-refractivity contribution in [2.75, 3.05) is 25.9 Å². The standard InChI is InChI=1S/C17H24N2OS/c1-21-16-9-3-2-7-14(16)17(20)19-11-5-6-13(12-19)15-8-4-10-18-15/h2-3,7,9,13,15,18H,4-6,8,10-12H2,1H3. The minimum absolute atomic E-state index is 0.211. The number of amides is 1. The Balaban J connectivity index is 1.71. The lowest BCUT2D eigenvalue weighted by Crippen LogP contribution is -2.46. The molecule has 2 aliphatic heterocycles. The van der Waals surface area contributed by atoms with E-state index in [0.717, 1.165) is 36.5 Å². The molecule has 0 radical (unpaired) electrons. The van der Waals surface area contributed by atoms with Crippen molar-refractivity contribution in [3.05, 3.63) is 29.8 Å². The van der Waals surface area contributed by atoms with Crippen LogP contribution in [0.3, 0.4) is 0 Å². The summed E-state index contributed by atoms with van der Waals surface area (Å²) in [5.41, 5.74) is 0.866. The average Bonchev–Trinajstić information content (AvgIpc) is 3.09. The van der Waals surface area contributed by atoms with Gasteiger partial charge < -0.3 is 10.2 Å². The molecule has 2 saturated heterocycles. The van der Waals surface area contributed by atoms with E-state index in [0.29, 0.717) is 12.0 Å². The van der Waals surface area contributed by atoms with Crippen LogP contribution < -0.4 is 5.32 Å². The third kappa shape index (κ3) is 3.27. The molecule has 0 spiro atoms. The van der Waals surface area contributed by atoms with E-state index < -0.39 is 0 Å². The van der Waals surface area contributed by atoms with Crippen LogP contribution >= 0.6 is 11.8 Å². The van der Waals surface area contributed by atoms with Crippen molar-refractivity contribution in [3.8, 4) is 0 Å². The largest absolute Gasteiger partial charge is 0.338 e. The summed E-state index contributed by atoms with van der Waals surface area (Å²) >= 11 is 1.65. The van der Waals surface area contributed by atoms with Crippen molar-refractivity contribution in [1.82, 2.24) is 10.2 Å². The molecule has 1 N–H and O–H groups in total. The van der Waals surface area contributed by atoms with Gasteiger partial charge in [0, 0.05) is 24.0 Å². The molecule has 1 amide bonds. The van der Waals surface area contributed by atoms with Crippen molar-refractivity contribution < 1.29 is 4.79 Å². The summed E-state index contributed by atoms with van der Waals surface area (Å²) < 4.78 is 0. The highest BCUT2D eigenvalue weighted by molar-refractivity contribution is 7.98. The number of rotatable bonds is 3. The van der Waals surface area contributed by atoms with Crippen LogP contribution in [0.25, 0.3) is 0 Å². The Kier molecular flexibility index (Phi) is 4.86. The van der Waals surface area contributed by atoms with Crippen LogP contribution in [-0.4, -0.2) is 42.7 Å². The van der Waals surface area contributed by atoms with E-state index >= 15 is 0 Å². The fourth-order valence-electron chi connectivity index (χ4n) is 3.63. The minimum atomic E-state index is 0.211. The third-order valence-corrected chi connectivity index (χ3v) is 5.55. The summed E-state index contributed by atoms with van der Waals surface area (Å²) in [4.78, 5) is 16.0. The second kappa shape index (κ2) is 6.84. The first-order chi connectivity index (χ1) is 10.3. The van der Waals surface area contributed by atoms with Crippen LogP contribution in [0, 0.1) is 5.92 Å². The molecule has 2 heterocycles. The van der Waals surface area contributed by atoms with Crippen LogP contribution in [0.2, 0.25) is 0 Å². The molecule has 0 saturated carbocycles. The summed E-state index contributed by atoms with van der Waals surface area (Å²) in [7, 11) is 0. The number of carbonyl (C=O) groups excluding carboxylic acids is 1. The monoisotopic (exact) mass is 304 g/mol. The summed E-state index contributed by atoms with van der Waals surface area (Å²) in [5, 5.41) is 3.61. The van der Waals surface area contributed by atoms with Crippen LogP contribution in [0.15, 0.2) is 29.2 Å². The van der Waals surface area contributed by atoms with Gasteiger partial charge in [0.25, 0.3) is 5.91 Å². The molecule has 0 aliphatic carbocycles. The van der Waals surface area contributed by atoms with Crippen molar-refractivity contribution in [2.45, 2.75) is 36.6 Å². The first-order valence-corrected chi connectivity index (χ1v) is 9.17. The molecule has 114 valence electrons. The second-order valence-corrected chi connectivity index (χ2v) is 6.90. The van der Waals surface area contributed by atoms with Gasteiger partial charge in [-0.15, -0.1) is 11.8 Å². The van der Waals surface area contributed by atoms with Crippen molar-refractivity contribution in [2.24, 2.45) is 5.92 Å². The van der Waals surface area contributed by atoms with Gasteiger partial charge >= 0.3 is 0 Å². The van der Waals surface area contributed by atoms with Crippen LogP contribution in [0.1, 0.15) is 36.0 Å². The van der Waals surface area contributed by atoms with E-state index in [2.05, 4.69) is 10.2 Å². The number of thioether (sulfide) groups is 1. The highest BCUT2D eigenvalue weighted by Gasteiger charge is 2.31. The number of piperidine rings is 1. The molecule has 21 heavy (non-hydrogen) atoms. The summed E-state index contributed by atoms with van der Waals surface area (Å²) in [6.07, 6.45) is 6.98. The fourth-order valence-corrected chi connectivity index (χ4v) is 4.22. The van der Waals surface area contributed by atoms with Crippen LogP contribution in [0.5, 0.6) is 0 Å². The zero-order valence-corrected chi connectivity index (χ0v) is 13.5. The predicted molar refractivity (Wildman–Crippen MR) is 87.9 cm³/mol. The average molecular weight is 304 g/mol. The Labute approximate surface area is 131 Å². The molecule has 0 bridgehead atoms. The number of nitrogens with one attached hydrogen (secondary N) is 1. The van der Waals surface area contributed by atoms with Gasteiger partial charge in [0.2, 0.25) is 0 Å². The maximum absolute atomic E-state index is 12.8. The number of likely N-dealkylation sites (tertiary alicyclic amines) is 1. The quantitative estimate of drug-likeness (QED) is 0.871. The van der Waals surface area contributed by atoms with Crippen molar-refractivity contribution in [1.29, 1.82) is 0 Å². The molecule has 4 heteroatoms. The van der Waals surface area contributed by atoms with E-state index in [4.69, 9.17) is 0 Å². The number of hydrogen-bond acceptors (Lipinski definition) is 3. The number of hydrogen-bond donors (Lipinski definition) is 1. The van der Waals surface area contributed by atoms with Crippen LogP contribution in [-0.2, 0) is 0 Å². The number of nitrogens with zero attached hydrogens (tertiary/aromatic N) is 1. The van der Waals surface area contributed by atoms with E-state index in [9.17, 15) is 4.79 Å². The van der Waals surface area contributed by atoms with E-state index in [1.165, 1.54) is 19.3 Å². The molecule has 0 aromatic heterocycles. The molecule has 2 unspecified atom stereocenters. The maximum Gasteiger partial charge on any atom is 0.254 e. The van der Waals surface area contributed by atoms with Gasteiger partial charge in [-0.2, -0.15) is 0 Å². The summed E-state index contributed by atoms with van der Waals surface area (Å²) in [5.74, 6) is 0.842. The van der Waals surface area contributed by atoms with Crippen molar-refractivity contribution in [3.63, 3.8) is 0 Å². The second-order valence-electron chi connectivity index (χ2n) is 6.06. The number of carbonyl (C=O) groups is 1. The lowest BCUT2D eigenvalue weighted by atomic mass is 9.89. The molecule has 2 aliphatic rings. The van der Waals surface area contributed by atoms with Crippen LogP contribution in [0.4, 0.5) is 0 Å². The zero-order chi connectivity index (χ0) is 14.7. The topological polar surface area (TPSA) is 32.3 Å². The molecule has 2 fully saturated rings. The van der Waals surface area contributed by atoms with Gasteiger partial charge in [-0.05, 0) is 56.5 Å².